The molecule has 1 aromatic carbocycles. The Morgan fingerprint density at radius 2 is 1.12 bits per heavy atom. The van der Waals surface area contributed by atoms with Crippen molar-refractivity contribution in [3.05, 3.63) is 30.0 Å². The molecule has 0 fully saturated rings. The molecule has 2 N–H and O–H groups in total. The van der Waals surface area contributed by atoms with Crippen LogP contribution >= 0.6 is 0 Å². The second-order valence-electron chi connectivity index (χ2n) is 8.59. The number of amides is 2. The van der Waals surface area contributed by atoms with E-state index in [1.165, 1.54) is 0 Å². The van der Waals surface area contributed by atoms with Crippen molar-refractivity contribution in [2.24, 2.45) is 0 Å². The Labute approximate surface area is 232 Å². The standard InChI is InChI=1S/C24H27F11N2O5/c1-3-5-7-9-40-19(38)36-14-11-15(37-20(39)41-10-8-6-4-2)13-16(12-14)42-18(26)17(25)21(27,28)22(29,30)23(31,32)24(33,34)35/h11-13H,3-10H2,1-2H3,(H,36,38)(H,37,39). The number of rotatable bonds is 15. The molecule has 1 aromatic rings. The first-order chi connectivity index (χ1) is 19.3. The molecule has 0 bridgehead atoms. The fraction of sp³-hybridized carbons (Fsp3) is 0.583. The Morgan fingerprint density at radius 3 is 1.50 bits per heavy atom. The molecular formula is C24H27F11N2O5. The first-order valence-corrected chi connectivity index (χ1v) is 12.3. The third-order valence-electron chi connectivity index (χ3n) is 5.16. The fourth-order valence-corrected chi connectivity index (χ4v) is 2.93. The van der Waals surface area contributed by atoms with Gasteiger partial charge in [0.25, 0.3) is 0 Å². The van der Waals surface area contributed by atoms with Crippen LogP contribution in [0.4, 0.5) is 69.3 Å². The number of benzene rings is 1. The predicted octanol–water partition coefficient (Wildman–Crippen LogP) is 9.12. The third-order valence-corrected chi connectivity index (χ3v) is 5.16. The van der Waals surface area contributed by atoms with Crippen LogP contribution in [0.5, 0.6) is 5.75 Å². The van der Waals surface area contributed by atoms with Gasteiger partial charge < -0.3 is 14.2 Å². The normalized spacial score (nSPS) is 13.3. The Kier molecular flexibility index (Phi) is 13.2. The molecule has 0 aliphatic carbocycles. The SMILES string of the molecule is CCCCCOC(=O)Nc1cc(NC(=O)OCCCCC)cc(OC(F)=C(F)C(F)(F)C(F)(F)C(F)(F)C(F)(F)F)c1. The summed E-state index contributed by atoms with van der Waals surface area (Å²) in [6.07, 6.45) is -5.64. The molecule has 0 aromatic heterocycles. The zero-order valence-electron chi connectivity index (χ0n) is 22.1. The first-order valence-electron chi connectivity index (χ1n) is 12.3. The summed E-state index contributed by atoms with van der Waals surface area (Å²) in [5.74, 6) is -27.3. The van der Waals surface area contributed by atoms with Gasteiger partial charge in [-0.25, -0.2) is 9.59 Å². The molecule has 0 atom stereocenters. The van der Waals surface area contributed by atoms with E-state index in [2.05, 4.69) is 15.4 Å². The number of carbonyl (C=O) groups excluding carboxylic acids is 2. The summed E-state index contributed by atoms with van der Waals surface area (Å²) < 4.78 is 159. The van der Waals surface area contributed by atoms with E-state index < -0.39 is 65.1 Å². The van der Waals surface area contributed by atoms with Crippen LogP contribution in [0.1, 0.15) is 52.4 Å². The van der Waals surface area contributed by atoms with E-state index >= 15 is 0 Å². The maximum atomic E-state index is 14.2. The van der Waals surface area contributed by atoms with Crippen molar-refractivity contribution in [1.29, 1.82) is 0 Å². The molecule has 42 heavy (non-hydrogen) atoms. The maximum Gasteiger partial charge on any atom is 0.460 e. The van der Waals surface area contributed by atoms with Crippen LogP contribution in [0, 0.1) is 0 Å². The highest BCUT2D eigenvalue weighted by Gasteiger charge is 2.83. The van der Waals surface area contributed by atoms with E-state index in [0.717, 1.165) is 18.9 Å². The first kappa shape index (κ1) is 36.6. The van der Waals surface area contributed by atoms with Crippen LogP contribution < -0.4 is 15.4 Å². The van der Waals surface area contributed by atoms with E-state index in [1.807, 2.05) is 13.8 Å². The van der Waals surface area contributed by atoms with Crippen molar-refractivity contribution < 1.29 is 72.1 Å². The average Bonchev–Trinajstić information content (AvgIpc) is 2.87. The Bertz CT molecular complexity index is 1050. The molecule has 2 amide bonds. The summed E-state index contributed by atoms with van der Waals surface area (Å²) in [7, 11) is 0. The van der Waals surface area contributed by atoms with Gasteiger partial charge in [-0.05, 0) is 18.9 Å². The second kappa shape index (κ2) is 15.1. The molecule has 1 rings (SSSR count). The third kappa shape index (κ3) is 9.54. The van der Waals surface area contributed by atoms with Gasteiger partial charge in [0.05, 0.1) is 13.2 Å². The highest BCUT2D eigenvalue weighted by molar-refractivity contribution is 5.89. The number of nitrogens with one attached hydrogen (secondary N) is 2. The van der Waals surface area contributed by atoms with Crippen molar-refractivity contribution in [1.82, 2.24) is 0 Å². The lowest BCUT2D eigenvalue weighted by Gasteiger charge is -2.32. The van der Waals surface area contributed by atoms with E-state index in [4.69, 9.17) is 9.47 Å². The smallest absolute Gasteiger partial charge is 0.449 e. The lowest BCUT2D eigenvalue weighted by Crippen LogP contribution is -2.61. The topological polar surface area (TPSA) is 85.9 Å². The monoisotopic (exact) mass is 632 g/mol. The summed E-state index contributed by atoms with van der Waals surface area (Å²) in [5.41, 5.74) is -0.883. The molecule has 0 aliphatic heterocycles. The van der Waals surface area contributed by atoms with E-state index in [1.54, 1.807) is 0 Å². The zero-order valence-corrected chi connectivity index (χ0v) is 22.1. The van der Waals surface area contributed by atoms with Crippen LogP contribution in [0.25, 0.3) is 0 Å². The lowest BCUT2D eigenvalue weighted by molar-refractivity contribution is -0.392. The molecule has 0 spiro atoms. The number of unbranched alkanes of at least 4 members (excludes halogenated alkanes) is 4. The summed E-state index contributed by atoms with van der Waals surface area (Å²) in [6.45, 7) is 3.62. The van der Waals surface area contributed by atoms with Gasteiger partial charge in [0.2, 0.25) is 5.83 Å². The van der Waals surface area contributed by atoms with Crippen LogP contribution in [0.2, 0.25) is 0 Å². The van der Waals surface area contributed by atoms with Crippen molar-refractivity contribution in [2.75, 3.05) is 23.8 Å². The van der Waals surface area contributed by atoms with Gasteiger partial charge in [-0.1, -0.05) is 39.5 Å². The van der Waals surface area contributed by atoms with E-state index in [-0.39, 0.29) is 13.2 Å². The van der Waals surface area contributed by atoms with Crippen molar-refractivity contribution in [3.8, 4) is 5.75 Å². The largest absolute Gasteiger partial charge is 0.460 e. The minimum Gasteiger partial charge on any atom is -0.449 e. The van der Waals surface area contributed by atoms with Gasteiger partial charge in [0.15, 0.2) is 0 Å². The molecule has 0 saturated heterocycles. The van der Waals surface area contributed by atoms with Gasteiger partial charge in [0.1, 0.15) is 5.75 Å². The molecule has 0 saturated carbocycles. The second-order valence-corrected chi connectivity index (χ2v) is 8.59. The molecular weight excluding hydrogens is 605 g/mol. The molecule has 240 valence electrons. The van der Waals surface area contributed by atoms with Crippen LogP contribution in [0.3, 0.4) is 0 Å². The summed E-state index contributed by atoms with van der Waals surface area (Å²) >= 11 is 0. The van der Waals surface area contributed by atoms with Gasteiger partial charge in [-0.15, -0.1) is 0 Å². The van der Waals surface area contributed by atoms with Crippen molar-refractivity contribution in [3.63, 3.8) is 0 Å². The molecule has 18 heteroatoms. The number of carbonyl (C=O) groups is 2. The van der Waals surface area contributed by atoms with Gasteiger partial charge in [-0.3, -0.25) is 10.6 Å². The van der Waals surface area contributed by atoms with Crippen LogP contribution in [-0.4, -0.2) is 49.3 Å². The number of ether oxygens (including phenoxy) is 3. The Balaban J connectivity index is 3.34. The maximum absolute atomic E-state index is 14.2. The predicted molar refractivity (Wildman–Crippen MR) is 126 cm³/mol. The fourth-order valence-electron chi connectivity index (χ4n) is 2.93. The van der Waals surface area contributed by atoms with E-state index in [0.29, 0.717) is 37.8 Å². The number of hydrogen-bond donors (Lipinski definition) is 2. The average molecular weight is 632 g/mol. The quantitative estimate of drug-likeness (QED) is 0.114. The molecule has 0 radical (unpaired) electrons. The summed E-state index contributed by atoms with van der Waals surface area (Å²) in [5, 5.41) is 4.14. The molecule has 7 nitrogen and oxygen atoms in total. The number of anilines is 2. The van der Waals surface area contributed by atoms with Gasteiger partial charge in [0, 0.05) is 23.5 Å². The van der Waals surface area contributed by atoms with Crippen LogP contribution in [0.15, 0.2) is 30.0 Å². The summed E-state index contributed by atoms with van der Waals surface area (Å²) in [6, 6.07) is -1.24. The number of halogens is 11. The highest BCUT2D eigenvalue weighted by atomic mass is 19.4. The molecule has 0 unspecified atom stereocenters. The lowest BCUT2D eigenvalue weighted by atomic mass is 10.0. The van der Waals surface area contributed by atoms with Gasteiger partial charge in [-0.2, -0.15) is 48.3 Å². The van der Waals surface area contributed by atoms with Crippen molar-refractivity contribution >= 4 is 23.6 Å². The number of hydrogen-bond acceptors (Lipinski definition) is 5. The molecule has 0 aliphatic rings. The Morgan fingerprint density at radius 1 is 0.690 bits per heavy atom. The zero-order chi connectivity index (χ0) is 32.4. The molecule has 0 heterocycles. The van der Waals surface area contributed by atoms with E-state index in [9.17, 15) is 57.9 Å². The van der Waals surface area contributed by atoms with Crippen molar-refractivity contribution in [2.45, 2.75) is 76.3 Å². The number of alkyl halides is 9. The highest BCUT2D eigenvalue weighted by Crippen LogP contribution is 2.55. The Hall–Kier alpha value is -3.47. The van der Waals surface area contributed by atoms with Gasteiger partial charge >= 0.3 is 42.1 Å². The minimum atomic E-state index is -7.50. The number of allylic oxidation sites excluding steroid dienone is 1. The van der Waals surface area contributed by atoms with Crippen LogP contribution in [-0.2, 0) is 9.47 Å². The minimum absolute atomic E-state index is 0.0561. The summed E-state index contributed by atoms with van der Waals surface area (Å²) in [4.78, 5) is 24.0.